The highest BCUT2D eigenvalue weighted by atomic mass is 35.5. The highest BCUT2D eigenvalue weighted by Crippen LogP contribution is 2.30. The fraction of sp³-hybridized carbons (Fsp3) is 0.263. The minimum atomic E-state index is -0.366. The number of nitrogens with one attached hydrogen (secondary N) is 1. The van der Waals surface area contributed by atoms with Gasteiger partial charge in [0, 0.05) is 18.7 Å². The Labute approximate surface area is 147 Å². The van der Waals surface area contributed by atoms with Crippen LogP contribution in [-0.4, -0.2) is 13.2 Å². The van der Waals surface area contributed by atoms with Crippen LogP contribution in [0.1, 0.15) is 18.1 Å². The zero-order chi connectivity index (χ0) is 17.4. The molecule has 0 amide bonds. The van der Waals surface area contributed by atoms with Crippen molar-refractivity contribution < 1.29 is 13.9 Å². The average Bonchev–Trinajstić information content (AvgIpc) is 2.56. The molecule has 128 valence electrons. The fourth-order valence-electron chi connectivity index (χ4n) is 2.16. The largest absolute Gasteiger partial charge is 0.490 e. The Balaban J connectivity index is 2.08. The molecule has 0 aliphatic heterocycles. The third-order valence-corrected chi connectivity index (χ3v) is 3.68. The number of rotatable bonds is 9. The quantitative estimate of drug-likeness (QED) is 0.524. The standard InChI is InChI=1S/C19H21ClFNO2/c1-3-9-22-12-14-5-8-18(19(10-14)23-4-2)24-13-15-6-7-16(21)11-17(15)20/h3,5-8,10-11,22H,1,4,9,12-13H2,2H3. The van der Waals surface area contributed by atoms with E-state index in [0.717, 1.165) is 24.2 Å². The molecule has 0 aliphatic carbocycles. The summed E-state index contributed by atoms with van der Waals surface area (Å²) >= 11 is 6.03. The van der Waals surface area contributed by atoms with Crippen LogP contribution in [0.25, 0.3) is 0 Å². The first-order chi connectivity index (χ1) is 11.6. The predicted octanol–water partition coefficient (Wildman–Crippen LogP) is 4.73. The molecule has 0 aromatic heterocycles. The van der Waals surface area contributed by atoms with E-state index in [4.69, 9.17) is 21.1 Å². The molecule has 0 atom stereocenters. The van der Waals surface area contributed by atoms with Gasteiger partial charge in [-0.25, -0.2) is 4.39 Å². The molecule has 3 nitrogen and oxygen atoms in total. The summed E-state index contributed by atoms with van der Waals surface area (Å²) in [4.78, 5) is 0. The maximum Gasteiger partial charge on any atom is 0.161 e. The molecular weight excluding hydrogens is 329 g/mol. The van der Waals surface area contributed by atoms with Crippen molar-refractivity contribution in [2.45, 2.75) is 20.1 Å². The van der Waals surface area contributed by atoms with E-state index < -0.39 is 0 Å². The summed E-state index contributed by atoms with van der Waals surface area (Å²) in [6, 6.07) is 10.0. The van der Waals surface area contributed by atoms with Gasteiger partial charge in [0.1, 0.15) is 12.4 Å². The summed E-state index contributed by atoms with van der Waals surface area (Å²) in [6.07, 6.45) is 1.81. The van der Waals surface area contributed by atoms with Crippen LogP contribution >= 0.6 is 11.6 Å². The van der Waals surface area contributed by atoms with Gasteiger partial charge in [0.05, 0.1) is 11.6 Å². The summed E-state index contributed by atoms with van der Waals surface area (Å²) < 4.78 is 24.6. The molecule has 2 aromatic rings. The van der Waals surface area contributed by atoms with Crippen LogP contribution in [0.3, 0.4) is 0 Å². The van der Waals surface area contributed by atoms with Crippen molar-refractivity contribution in [1.29, 1.82) is 0 Å². The first kappa shape index (κ1) is 18.3. The maximum absolute atomic E-state index is 13.1. The first-order valence-corrected chi connectivity index (χ1v) is 8.16. The van der Waals surface area contributed by atoms with Crippen LogP contribution in [-0.2, 0) is 13.2 Å². The van der Waals surface area contributed by atoms with E-state index >= 15 is 0 Å². The Morgan fingerprint density at radius 1 is 1.17 bits per heavy atom. The van der Waals surface area contributed by atoms with Crippen LogP contribution in [0.2, 0.25) is 5.02 Å². The lowest BCUT2D eigenvalue weighted by Gasteiger charge is -2.14. The Morgan fingerprint density at radius 2 is 2.00 bits per heavy atom. The Kier molecular flexibility index (Phi) is 7.09. The van der Waals surface area contributed by atoms with Crippen LogP contribution in [0.15, 0.2) is 49.1 Å². The van der Waals surface area contributed by atoms with E-state index in [1.54, 1.807) is 6.07 Å². The Morgan fingerprint density at radius 3 is 2.71 bits per heavy atom. The zero-order valence-corrected chi connectivity index (χ0v) is 14.4. The van der Waals surface area contributed by atoms with Gasteiger partial charge in [-0.2, -0.15) is 0 Å². The van der Waals surface area contributed by atoms with E-state index in [-0.39, 0.29) is 12.4 Å². The fourth-order valence-corrected chi connectivity index (χ4v) is 2.38. The molecular formula is C19H21ClFNO2. The minimum Gasteiger partial charge on any atom is -0.490 e. The van der Waals surface area contributed by atoms with Crippen LogP contribution < -0.4 is 14.8 Å². The molecule has 0 heterocycles. The van der Waals surface area contributed by atoms with Crippen molar-refractivity contribution in [3.63, 3.8) is 0 Å². The third-order valence-electron chi connectivity index (χ3n) is 3.32. The van der Waals surface area contributed by atoms with Gasteiger partial charge in [0.25, 0.3) is 0 Å². The van der Waals surface area contributed by atoms with E-state index in [1.165, 1.54) is 12.1 Å². The normalized spacial score (nSPS) is 10.5. The van der Waals surface area contributed by atoms with Gasteiger partial charge in [-0.15, -0.1) is 6.58 Å². The number of hydrogen-bond acceptors (Lipinski definition) is 3. The van der Waals surface area contributed by atoms with Gasteiger partial charge < -0.3 is 14.8 Å². The zero-order valence-electron chi connectivity index (χ0n) is 13.6. The second kappa shape index (κ2) is 9.30. The van der Waals surface area contributed by atoms with Crippen molar-refractivity contribution in [3.8, 4) is 11.5 Å². The molecule has 0 unspecified atom stereocenters. The summed E-state index contributed by atoms with van der Waals surface area (Å²) in [5.41, 5.74) is 1.81. The molecule has 2 rings (SSSR count). The molecule has 24 heavy (non-hydrogen) atoms. The van der Waals surface area contributed by atoms with Crippen molar-refractivity contribution in [2.75, 3.05) is 13.2 Å². The lowest BCUT2D eigenvalue weighted by molar-refractivity contribution is 0.269. The van der Waals surface area contributed by atoms with Crippen molar-refractivity contribution in [1.82, 2.24) is 5.32 Å². The number of benzene rings is 2. The van der Waals surface area contributed by atoms with Gasteiger partial charge in [-0.3, -0.25) is 0 Å². The lowest BCUT2D eigenvalue weighted by atomic mass is 10.2. The first-order valence-electron chi connectivity index (χ1n) is 7.78. The van der Waals surface area contributed by atoms with Gasteiger partial charge in [0.2, 0.25) is 0 Å². The second-order valence-corrected chi connectivity index (χ2v) is 5.57. The number of ether oxygens (including phenoxy) is 2. The molecule has 0 fully saturated rings. The molecule has 0 saturated heterocycles. The third kappa shape index (κ3) is 5.25. The smallest absolute Gasteiger partial charge is 0.161 e. The summed E-state index contributed by atoms with van der Waals surface area (Å²) in [6.45, 7) is 7.84. The highest BCUT2D eigenvalue weighted by Gasteiger charge is 2.09. The molecule has 2 aromatic carbocycles. The van der Waals surface area contributed by atoms with Crippen molar-refractivity contribution >= 4 is 11.6 Å². The summed E-state index contributed by atoms with van der Waals surface area (Å²) in [7, 11) is 0. The monoisotopic (exact) mass is 349 g/mol. The second-order valence-electron chi connectivity index (χ2n) is 5.16. The van der Waals surface area contributed by atoms with E-state index in [2.05, 4.69) is 11.9 Å². The lowest BCUT2D eigenvalue weighted by Crippen LogP contribution is -2.12. The Hall–Kier alpha value is -2.04. The molecule has 5 heteroatoms. The van der Waals surface area contributed by atoms with Crippen molar-refractivity contribution in [2.24, 2.45) is 0 Å². The molecule has 0 spiro atoms. The summed E-state index contributed by atoms with van der Waals surface area (Å²) in [5, 5.41) is 3.59. The molecule has 0 radical (unpaired) electrons. The average molecular weight is 350 g/mol. The van der Waals surface area contributed by atoms with E-state index in [9.17, 15) is 4.39 Å². The summed E-state index contributed by atoms with van der Waals surface area (Å²) in [5.74, 6) is 0.938. The maximum atomic E-state index is 13.1. The number of halogens is 2. The van der Waals surface area contributed by atoms with Crippen LogP contribution in [0.4, 0.5) is 4.39 Å². The highest BCUT2D eigenvalue weighted by molar-refractivity contribution is 6.31. The SMILES string of the molecule is C=CCNCc1ccc(OCc2ccc(F)cc2Cl)c(OCC)c1. The number of hydrogen-bond donors (Lipinski definition) is 1. The molecule has 0 aliphatic rings. The van der Waals surface area contributed by atoms with E-state index in [1.807, 2.05) is 31.2 Å². The van der Waals surface area contributed by atoms with Gasteiger partial charge >= 0.3 is 0 Å². The van der Waals surface area contributed by atoms with Crippen molar-refractivity contribution in [3.05, 3.63) is 71.0 Å². The topological polar surface area (TPSA) is 30.5 Å². The minimum absolute atomic E-state index is 0.243. The van der Waals surface area contributed by atoms with Gasteiger partial charge in [0.15, 0.2) is 11.5 Å². The molecule has 0 bridgehead atoms. The van der Waals surface area contributed by atoms with Crippen LogP contribution in [0, 0.1) is 5.82 Å². The van der Waals surface area contributed by atoms with Gasteiger partial charge in [-0.05, 0) is 36.8 Å². The van der Waals surface area contributed by atoms with Crippen LogP contribution in [0.5, 0.6) is 11.5 Å². The Bertz CT molecular complexity index is 691. The van der Waals surface area contributed by atoms with E-state index in [0.29, 0.717) is 23.1 Å². The molecule has 1 N–H and O–H groups in total. The predicted molar refractivity (Wildman–Crippen MR) is 95.3 cm³/mol. The van der Waals surface area contributed by atoms with Gasteiger partial charge in [-0.1, -0.05) is 29.8 Å². The molecule has 0 saturated carbocycles.